The van der Waals surface area contributed by atoms with Crippen LogP contribution in [0, 0.1) is 5.92 Å². The van der Waals surface area contributed by atoms with Gasteiger partial charge in [-0.25, -0.2) is 0 Å². The van der Waals surface area contributed by atoms with Crippen LogP contribution in [0.5, 0.6) is 0 Å². The molecule has 1 aliphatic heterocycles. The van der Waals surface area contributed by atoms with Crippen LogP contribution in [0.15, 0.2) is 0 Å². The van der Waals surface area contributed by atoms with Gasteiger partial charge < -0.3 is 10.6 Å². The SMILES string of the molecule is CCC(=O)NC1CNCCC1C(F)(F)F. The summed E-state index contributed by atoms with van der Waals surface area (Å²) in [6.45, 7) is 2.16. The van der Waals surface area contributed by atoms with Crippen LogP contribution in [0.1, 0.15) is 19.8 Å². The standard InChI is InChI=1S/C9H15F3N2O/c1-2-8(15)14-7-5-13-4-3-6(7)9(10,11)12/h6-7,13H,2-5H2,1H3,(H,14,15). The first-order valence-electron chi connectivity index (χ1n) is 5.02. The number of nitrogens with one attached hydrogen (secondary N) is 2. The molecule has 1 aliphatic rings. The smallest absolute Gasteiger partial charge is 0.351 e. The zero-order chi connectivity index (χ0) is 11.5. The molecular formula is C9H15F3N2O. The second-order valence-corrected chi connectivity index (χ2v) is 3.67. The summed E-state index contributed by atoms with van der Waals surface area (Å²) in [7, 11) is 0. The van der Waals surface area contributed by atoms with E-state index in [0.717, 1.165) is 0 Å². The van der Waals surface area contributed by atoms with Crippen molar-refractivity contribution in [3.63, 3.8) is 0 Å². The Morgan fingerprint density at radius 1 is 1.53 bits per heavy atom. The molecule has 0 aliphatic carbocycles. The van der Waals surface area contributed by atoms with Crippen LogP contribution in [-0.2, 0) is 4.79 Å². The molecule has 0 saturated carbocycles. The lowest BCUT2D eigenvalue weighted by Crippen LogP contribution is -2.55. The molecule has 3 nitrogen and oxygen atoms in total. The maximum Gasteiger partial charge on any atom is 0.393 e. The zero-order valence-electron chi connectivity index (χ0n) is 8.53. The van der Waals surface area contributed by atoms with Gasteiger partial charge in [-0.3, -0.25) is 4.79 Å². The van der Waals surface area contributed by atoms with Gasteiger partial charge >= 0.3 is 6.18 Å². The molecule has 2 unspecified atom stereocenters. The molecule has 88 valence electrons. The van der Waals surface area contributed by atoms with Gasteiger partial charge in [0, 0.05) is 13.0 Å². The average Bonchev–Trinajstić information content (AvgIpc) is 2.17. The van der Waals surface area contributed by atoms with Gasteiger partial charge in [0.15, 0.2) is 0 Å². The van der Waals surface area contributed by atoms with E-state index in [1.54, 1.807) is 6.92 Å². The molecular weight excluding hydrogens is 209 g/mol. The Labute approximate surface area is 86.4 Å². The molecule has 2 atom stereocenters. The molecule has 0 spiro atoms. The minimum atomic E-state index is -4.23. The second kappa shape index (κ2) is 4.83. The summed E-state index contributed by atoms with van der Waals surface area (Å²) in [6.07, 6.45) is -3.99. The van der Waals surface area contributed by atoms with Gasteiger partial charge in [-0.15, -0.1) is 0 Å². The van der Waals surface area contributed by atoms with Gasteiger partial charge in [-0.2, -0.15) is 13.2 Å². The van der Waals surface area contributed by atoms with Crippen molar-refractivity contribution in [2.24, 2.45) is 5.92 Å². The molecule has 1 rings (SSSR count). The number of rotatable bonds is 2. The van der Waals surface area contributed by atoms with Crippen LogP contribution in [0.4, 0.5) is 13.2 Å². The number of amides is 1. The molecule has 0 aromatic heterocycles. The van der Waals surface area contributed by atoms with Crippen molar-refractivity contribution in [1.29, 1.82) is 0 Å². The van der Waals surface area contributed by atoms with Crippen LogP contribution < -0.4 is 10.6 Å². The lowest BCUT2D eigenvalue weighted by Gasteiger charge is -2.33. The maximum absolute atomic E-state index is 12.6. The Kier molecular flexibility index (Phi) is 3.96. The zero-order valence-corrected chi connectivity index (χ0v) is 8.53. The van der Waals surface area contributed by atoms with E-state index in [-0.39, 0.29) is 25.3 Å². The maximum atomic E-state index is 12.6. The number of carbonyl (C=O) groups excluding carboxylic acids is 1. The van der Waals surface area contributed by atoms with Crippen LogP contribution in [0.2, 0.25) is 0 Å². The highest BCUT2D eigenvalue weighted by molar-refractivity contribution is 5.75. The Bertz CT molecular complexity index is 230. The summed E-state index contributed by atoms with van der Waals surface area (Å²) in [5.74, 6) is -1.76. The third-order valence-electron chi connectivity index (χ3n) is 2.57. The lowest BCUT2D eigenvalue weighted by molar-refractivity contribution is -0.187. The van der Waals surface area contributed by atoms with E-state index in [2.05, 4.69) is 10.6 Å². The predicted octanol–water partition coefficient (Wildman–Crippen LogP) is 1.05. The van der Waals surface area contributed by atoms with Crippen molar-refractivity contribution in [1.82, 2.24) is 10.6 Å². The Balaban J connectivity index is 2.62. The summed E-state index contributed by atoms with van der Waals surface area (Å²) in [5, 5.41) is 5.26. The Hall–Kier alpha value is -0.780. The van der Waals surface area contributed by atoms with Gasteiger partial charge in [0.1, 0.15) is 0 Å². The second-order valence-electron chi connectivity index (χ2n) is 3.67. The van der Waals surface area contributed by atoms with E-state index in [1.807, 2.05) is 0 Å². The summed E-state index contributed by atoms with van der Waals surface area (Å²) < 4.78 is 37.7. The van der Waals surface area contributed by atoms with E-state index in [9.17, 15) is 18.0 Å². The highest BCUT2D eigenvalue weighted by atomic mass is 19.4. The van der Waals surface area contributed by atoms with Crippen molar-refractivity contribution < 1.29 is 18.0 Å². The molecule has 0 radical (unpaired) electrons. The van der Waals surface area contributed by atoms with Crippen molar-refractivity contribution >= 4 is 5.91 Å². The first-order valence-corrected chi connectivity index (χ1v) is 5.02. The number of carbonyl (C=O) groups is 1. The van der Waals surface area contributed by atoms with Crippen LogP contribution >= 0.6 is 0 Å². The van der Waals surface area contributed by atoms with E-state index < -0.39 is 18.1 Å². The average molecular weight is 224 g/mol. The number of halogens is 3. The monoisotopic (exact) mass is 224 g/mol. The third kappa shape index (κ3) is 3.37. The van der Waals surface area contributed by atoms with Crippen LogP contribution in [-0.4, -0.2) is 31.2 Å². The first-order chi connectivity index (χ1) is 6.95. The first kappa shape index (κ1) is 12.3. The van der Waals surface area contributed by atoms with Crippen molar-refractivity contribution in [3.05, 3.63) is 0 Å². The highest BCUT2D eigenvalue weighted by Crippen LogP contribution is 2.32. The summed E-state index contributed by atoms with van der Waals surface area (Å²) in [6, 6.07) is -0.828. The van der Waals surface area contributed by atoms with E-state index in [4.69, 9.17) is 0 Å². The molecule has 2 N–H and O–H groups in total. The molecule has 6 heteroatoms. The molecule has 0 bridgehead atoms. The fourth-order valence-corrected chi connectivity index (χ4v) is 1.71. The molecule has 1 saturated heterocycles. The Morgan fingerprint density at radius 2 is 2.20 bits per heavy atom. The van der Waals surface area contributed by atoms with Gasteiger partial charge in [-0.1, -0.05) is 6.92 Å². The van der Waals surface area contributed by atoms with E-state index in [0.29, 0.717) is 6.54 Å². The normalized spacial score (nSPS) is 27.5. The summed E-state index contributed by atoms with van der Waals surface area (Å²) >= 11 is 0. The quantitative estimate of drug-likeness (QED) is 0.736. The minimum Gasteiger partial charge on any atom is -0.351 e. The van der Waals surface area contributed by atoms with Crippen LogP contribution in [0.3, 0.4) is 0 Å². The lowest BCUT2D eigenvalue weighted by atomic mass is 9.92. The third-order valence-corrected chi connectivity index (χ3v) is 2.57. The highest BCUT2D eigenvalue weighted by Gasteiger charge is 2.45. The number of alkyl halides is 3. The van der Waals surface area contributed by atoms with Gasteiger partial charge in [0.2, 0.25) is 5.91 Å². The molecule has 0 aromatic carbocycles. The molecule has 1 fully saturated rings. The van der Waals surface area contributed by atoms with Gasteiger partial charge in [0.25, 0.3) is 0 Å². The van der Waals surface area contributed by atoms with E-state index >= 15 is 0 Å². The van der Waals surface area contributed by atoms with E-state index in [1.165, 1.54) is 0 Å². The molecule has 15 heavy (non-hydrogen) atoms. The van der Waals surface area contributed by atoms with Crippen molar-refractivity contribution in [2.45, 2.75) is 32.0 Å². The summed E-state index contributed by atoms with van der Waals surface area (Å²) in [5.41, 5.74) is 0. The number of hydrogen-bond acceptors (Lipinski definition) is 2. The van der Waals surface area contributed by atoms with Crippen molar-refractivity contribution in [2.75, 3.05) is 13.1 Å². The van der Waals surface area contributed by atoms with Crippen LogP contribution in [0.25, 0.3) is 0 Å². The molecule has 1 amide bonds. The Morgan fingerprint density at radius 3 is 2.73 bits per heavy atom. The number of hydrogen-bond donors (Lipinski definition) is 2. The minimum absolute atomic E-state index is 0.0260. The summed E-state index contributed by atoms with van der Waals surface area (Å²) in [4.78, 5) is 11.0. The topological polar surface area (TPSA) is 41.1 Å². The van der Waals surface area contributed by atoms with Crippen molar-refractivity contribution in [3.8, 4) is 0 Å². The fourth-order valence-electron chi connectivity index (χ4n) is 1.71. The van der Waals surface area contributed by atoms with Gasteiger partial charge in [0.05, 0.1) is 12.0 Å². The fraction of sp³-hybridized carbons (Fsp3) is 0.889. The largest absolute Gasteiger partial charge is 0.393 e. The van der Waals surface area contributed by atoms with Gasteiger partial charge in [-0.05, 0) is 13.0 Å². The predicted molar refractivity (Wildman–Crippen MR) is 49.3 cm³/mol. The molecule has 0 aromatic rings. The number of piperidine rings is 1. The molecule has 1 heterocycles.